The molecule has 0 saturated heterocycles. The van der Waals surface area contributed by atoms with E-state index in [-0.39, 0.29) is 31.1 Å². The summed E-state index contributed by atoms with van der Waals surface area (Å²) in [6, 6.07) is 0. The van der Waals surface area contributed by atoms with Crippen molar-refractivity contribution in [2.45, 2.75) is 361 Å². The molecule has 6 nitrogen and oxygen atoms in total. The summed E-state index contributed by atoms with van der Waals surface area (Å²) in [5.41, 5.74) is 0. The molecule has 0 aliphatic heterocycles. The van der Waals surface area contributed by atoms with Gasteiger partial charge in [0.25, 0.3) is 0 Å². The van der Waals surface area contributed by atoms with E-state index in [1.807, 2.05) is 0 Å². The van der Waals surface area contributed by atoms with Gasteiger partial charge in [0.1, 0.15) is 13.2 Å². The fourth-order valence-electron chi connectivity index (χ4n) is 9.71. The quantitative estimate of drug-likeness (QED) is 0.0261. The molecule has 428 valence electrons. The molecule has 0 saturated carbocycles. The average Bonchev–Trinajstić information content (AvgIpc) is 3.39. The van der Waals surface area contributed by atoms with Gasteiger partial charge in [-0.2, -0.15) is 0 Å². The van der Waals surface area contributed by atoms with E-state index in [0.717, 1.165) is 70.6 Å². The zero-order valence-corrected chi connectivity index (χ0v) is 49.2. The van der Waals surface area contributed by atoms with Crippen LogP contribution >= 0.6 is 0 Å². The van der Waals surface area contributed by atoms with Crippen LogP contribution in [0.15, 0.2) is 36.5 Å². The Morgan fingerprint density at radius 2 is 0.493 bits per heavy atom. The molecule has 1 unspecified atom stereocenters. The van der Waals surface area contributed by atoms with Gasteiger partial charge in [-0.3, -0.25) is 14.4 Å². The average molecular weight is 1030 g/mol. The number of ether oxygens (including phenoxy) is 3. The topological polar surface area (TPSA) is 78.9 Å². The summed E-state index contributed by atoms with van der Waals surface area (Å²) in [5.74, 6) is -0.860. The Hall–Kier alpha value is -2.37. The highest BCUT2D eigenvalue weighted by molar-refractivity contribution is 5.71. The van der Waals surface area contributed by atoms with Crippen LogP contribution in [0.25, 0.3) is 0 Å². The standard InChI is InChI=1S/C67H124O6/c1-4-7-10-13-16-19-22-25-28-31-33-34-37-39-42-45-48-51-54-57-60-66(69)72-63-64(62-71-65(68)59-56-53-50-47-44-41-38-35-30-27-24-21-18-15-12-9-6-3)73-67(70)61-58-55-52-49-46-43-40-36-32-29-26-23-20-17-14-11-8-5-2/h20,23,27,29-30,32,64H,4-19,21-22,24-26,28,31,33-63H2,1-3H3/b23-20-,30-27-,32-29-. The van der Waals surface area contributed by atoms with Crippen LogP contribution in [0.1, 0.15) is 355 Å². The van der Waals surface area contributed by atoms with Crippen molar-refractivity contribution in [3.8, 4) is 0 Å². The molecule has 0 aromatic carbocycles. The molecule has 0 aromatic heterocycles. The molecule has 1 atom stereocenters. The summed E-state index contributed by atoms with van der Waals surface area (Å²) < 4.78 is 17.0. The second-order valence-electron chi connectivity index (χ2n) is 22.0. The minimum absolute atomic E-state index is 0.0724. The zero-order valence-electron chi connectivity index (χ0n) is 49.2. The molecule has 0 aromatic rings. The van der Waals surface area contributed by atoms with Gasteiger partial charge in [0.05, 0.1) is 0 Å². The number of hydrogen-bond donors (Lipinski definition) is 0. The predicted molar refractivity (Wildman–Crippen MR) is 316 cm³/mol. The van der Waals surface area contributed by atoms with E-state index in [4.69, 9.17) is 14.2 Å². The van der Waals surface area contributed by atoms with E-state index >= 15 is 0 Å². The maximum atomic E-state index is 12.9. The van der Waals surface area contributed by atoms with Gasteiger partial charge in [-0.05, 0) is 77.0 Å². The van der Waals surface area contributed by atoms with Crippen molar-refractivity contribution < 1.29 is 28.6 Å². The maximum Gasteiger partial charge on any atom is 0.306 e. The molecule has 0 radical (unpaired) electrons. The van der Waals surface area contributed by atoms with Gasteiger partial charge in [0.15, 0.2) is 6.10 Å². The molecule has 0 aliphatic rings. The Morgan fingerprint density at radius 3 is 0.781 bits per heavy atom. The number of unbranched alkanes of at least 4 members (excludes halogenated alkanes) is 43. The first kappa shape index (κ1) is 70.6. The highest BCUT2D eigenvalue weighted by Crippen LogP contribution is 2.17. The second-order valence-corrected chi connectivity index (χ2v) is 22.0. The normalized spacial score (nSPS) is 12.2. The lowest BCUT2D eigenvalue weighted by Crippen LogP contribution is -2.30. The van der Waals surface area contributed by atoms with Crippen LogP contribution in [-0.4, -0.2) is 37.2 Å². The number of carbonyl (C=O) groups excluding carboxylic acids is 3. The molecular formula is C67H124O6. The summed E-state index contributed by atoms with van der Waals surface area (Å²) in [6.07, 6.45) is 75.7. The van der Waals surface area contributed by atoms with Gasteiger partial charge >= 0.3 is 17.9 Å². The highest BCUT2D eigenvalue weighted by Gasteiger charge is 2.19. The molecule has 0 aliphatic carbocycles. The lowest BCUT2D eigenvalue weighted by Gasteiger charge is -2.18. The summed E-state index contributed by atoms with van der Waals surface area (Å²) in [7, 11) is 0. The highest BCUT2D eigenvalue weighted by atomic mass is 16.6. The third-order valence-corrected chi connectivity index (χ3v) is 14.6. The number of rotatable bonds is 60. The van der Waals surface area contributed by atoms with Crippen LogP contribution in [0.2, 0.25) is 0 Å². The van der Waals surface area contributed by atoms with E-state index in [0.29, 0.717) is 19.3 Å². The van der Waals surface area contributed by atoms with Gasteiger partial charge in [-0.1, -0.05) is 295 Å². The van der Waals surface area contributed by atoms with E-state index < -0.39 is 6.10 Å². The Bertz CT molecular complexity index is 1220. The molecule has 0 heterocycles. The lowest BCUT2D eigenvalue weighted by atomic mass is 10.0. The van der Waals surface area contributed by atoms with Crippen LogP contribution in [-0.2, 0) is 28.6 Å². The number of hydrogen-bond acceptors (Lipinski definition) is 6. The third-order valence-electron chi connectivity index (χ3n) is 14.6. The van der Waals surface area contributed by atoms with Crippen molar-refractivity contribution in [2.75, 3.05) is 13.2 Å². The number of allylic oxidation sites excluding steroid dienone is 6. The van der Waals surface area contributed by atoms with E-state index in [1.165, 1.54) is 244 Å². The van der Waals surface area contributed by atoms with Crippen molar-refractivity contribution >= 4 is 17.9 Å². The molecule has 0 fully saturated rings. The first-order valence-electron chi connectivity index (χ1n) is 32.5. The van der Waals surface area contributed by atoms with Crippen molar-refractivity contribution in [1.29, 1.82) is 0 Å². The van der Waals surface area contributed by atoms with Crippen molar-refractivity contribution in [3.63, 3.8) is 0 Å². The van der Waals surface area contributed by atoms with Crippen LogP contribution in [0.3, 0.4) is 0 Å². The Balaban J connectivity index is 4.34. The van der Waals surface area contributed by atoms with Crippen molar-refractivity contribution in [1.82, 2.24) is 0 Å². The first-order valence-corrected chi connectivity index (χ1v) is 32.5. The lowest BCUT2D eigenvalue weighted by molar-refractivity contribution is -0.167. The van der Waals surface area contributed by atoms with Crippen LogP contribution in [0.4, 0.5) is 0 Å². The largest absolute Gasteiger partial charge is 0.462 e. The van der Waals surface area contributed by atoms with E-state index in [9.17, 15) is 14.4 Å². The third kappa shape index (κ3) is 60.4. The number of esters is 3. The van der Waals surface area contributed by atoms with Crippen LogP contribution in [0.5, 0.6) is 0 Å². The SMILES string of the molecule is CCCCCC/C=C\C/C=C\CCCCCCCCCC(=O)OC(COC(=O)CCCCCCCCC/C=C\CCCCCCCC)COC(=O)CCCCCCCCCCCCCCCCCCCCCC. The molecular weight excluding hydrogens is 901 g/mol. The van der Waals surface area contributed by atoms with Gasteiger partial charge < -0.3 is 14.2 Å². The number of carbonyl (C=O) groups is 3. The Kier molecular flexibility index (Phi) is 60.2. The molecule has 0 rings (SSSR count). The summed E-state index contributed by atoms with van der Waals surface area (Å²) >= 11 is 0. The van der Waals surface area contributed by atoms with Gasteiger partial charge in [0, 0.05) is 19.3 Å². The smallest absolute Gasteiger partial charge is 0.306 e. The van der Waals surface area contributed by atoms with Crippen LogP contribution in [0, 0.1) is 0 Å². The molecule has 0 N–H and O–H groups in total. The first-order chi connectivity index (χ1) is 36.0. The van der Waals surface area contributed by atoms with E-state index in [1.54, 1.807) is 0 Å². The molecule has 0 amide bonds. The van der Waals surface area contributed by atoms with Gasteiger partial charge in [0.2, 0.25) is 0 Å². The molecule has 0 bridgehead atoms. The van der Waals surface area contributed by atoms with Crippen LogP contribution < -0.4 is 0 Å². The minimum Gasteiger partial charge on any atom is -0.462 e. The summed E-state index contributed by atoms with van der Waals surface area (Å²) in [5, 5.41) is 0. The van der Waals surface area contributed by atoms with Crippen molar-refractivity contribution in [3.05, 3.63) is 36.5 Å². The Labute approximate surface area is 455 Å². The maximum absolute atomic E-state index is 12.9. The fourth-order valence-corrected chi connectivity index (χ4v) is 9.71. The molecule has 0 spiro atoms. The molecule has 6 heteroatoms. The fraction of sp³-hybridized carbons (Fsp3) is 0.866. The molecule has 73 heavy (non-hydrogen) atoms. The summed E-state index contributed by atoms with van der Waals surface area (Å²) in [4.78, 5) is 38.3. The second kappa shape index (κ2) is 62.2. The minimum atomic E-state index is -0.777. The van der Waals surface area contributed by atoms with Gasteiger partial charge in [-0.15, -0.1) is 0 Å². The zero-order chi connectivity index (χ0) is 52.9. The summed E-state index contributed by atoms with van der Waals surface area (Å²) in [6.45, 7) is 6.67. The van der Waals surface area contributed by atoms with Gasteiger partial charge in [-0.25, -0.2) is 0 Å². The van der Waals surface area contributed by atoms with E-state index in [2.05, 4.69) is 57.2 Å². The predicted octanol–water partition coefficient (Wildman–Crippen LogP) is 22.0. The Morgan fingerprint density at radius 1 is 0.274 bits per heavy atom. The monoisotopic (exact) mass is 1020 g/mol. The van der Waals surface area contributed by atoms with Crippen molar-refractivity contribution in [2.24, 2.45) is 0 Å².